The number of rotatable bonds is 2. The first-order valence-corrected chi connectivity index (χ1v) is 6.33. The van der Waals surface area contributed by atoms with E-state index < -0.39 is 0 Å². The van der Waals surface area contributed by atoms with Crippen LogP contribution < -0.4 is 4.74 Å². The first-order chi connectivity index (χ1) is 9.61. The second-order valence-corrected chi connectivity index (χ2v) is 4.67. The quantitative estimate of drug-likeness (QED) is 0.767. The number of nitrogens with zero attached hydrogens (tertiary/aromatic N) is 2. The molecule has 0 fully saturated rings. The molecule has 4 nitrogen and oxygen atoms in total. The molecule has 0 aliphatic carbocycles. The van der Waals surface area contributed by atoms with Crippen LogP contribution in [0.2, 0.25) is 0 Å². The van der Waals surface area contributed by atoms with E-state index >= 15 is 0 Å². The number of phenolic OH excluding ortho intramolecular Hbond substituents is 1. The van der Waals surface area contributed by atoms with Crippen molar-refractivity contribution in [3.63, 3.8) is 0 Å². The van der Waals surface area contributed by atoms with Crippen LogP contribution in [-0.4, -0.2) is 15.1 Å². The van der Waals surface area contributed by atoms with E-state index in [2.05, 4.69) is 9.97 Å². The Balaban J connectivity index is 1.95. The van der Waals surface area contributed by atoms with Crippen molar-refractivity contribution in [1.82, 2.24) is 9.97 Å². The van der Waals surface area contributed by atoms with Crippen molar-refractivity contribution in [2.45, 2.75) is 13.8 Å². The smallest absolute Gasteiger partial charge is 0.238 e. The fourth-order valence-electron chi connectivity index (χ4n) is 1.97. The Kier molecular flexibility index (Phi) is 2.99. The highest BCUT2D eigenvalue weighted by Crippen LogP contribution is 2.27. The molecule has 1 N–H and O–H groups in total. The molecule has 2 aromatic carbocycles. The highest BCUT2D eigenvalue weighted by atomic mass is 16.5. The summed E-state index contributed by atoms with van der Waals surface area (Å²) in [5.41, 5.74) is 1.74. The van der Waals surface area contributed by atoms with Crippen LogP contribution in [0.5, 0.6) is 17.4 Å². The molecule has 3 rings (SSSR count). The molecule has 0 saturated carbocycles. The molecule has 0 spiro atoms. The van der Waals surface area contributed by atoms with Gasteiger partial charge in [0.25, 0.3) is 0 Å². The molecule has 20 heavy (non-hydrogen) atoms. The summed E-state index contributed by atoms with van der Waals surface area (Å²) in [5.74, 6) is 1.37. The molecular weight excluding hydrogens is 252 g/mol. The summed E-state index contributed by atoms with van der Waals surface area (Å²) in [7, 11) is 0. The van der Waals surface area contributed by atoms with Gasteiger partial charge in [-0.25, -0.2) is 4.98 Å². The maximum atomic E-state index is 9.51. The second-order valence-electron chi connectivity index (χ2n) is 4.67. The van der Waals surface area contributed by atoms with Crippen LogP contribution in [0.3, 0.4) is 0 Å². The largest absolute Gasteiger partial charge is 0.508 e. The zero-order valence-electron chi connectivity index (χ0n) is 11.3. The number of ether oxygens (including phenoxy) is 1. The maximum absolute atomic E-state index is 9.51. The Hall–Kier alpha value is -2.62. The van der Waals surface area contributed by atoms with Gasteiger partial charge >= 0.3 is 0 Å². The molecule has 0 aliphatic heterocycles. The number of aromatic nitrogens is 2. The lowest BCUT2D eigenvalue weighted by molar-refractivity contribution is 0.458. The second kappa shape index (κ2) is 4.81. The monoisotopic (exact) mass is 266 g/mol. The van der Waals surface area contributed by atoms with Crippen molar-refractivity contribution in [3.05, 3.63) is 54.0 Å². The molecule has 0 saturated heterocycles. The molecule has 1 aromatic heterocycles. The average molecular weight is 266 g/mol. The van der Waals surface area contributed by atoms with Crippen LogP contribution in [0, 0.1) is 13.8 Å². The van der Waals surface area contributed by atoms with Gasteiger partial charge in [-0.2, -0.15) is 0 Å². The molecule has 100 valence electrons. The van der Waals surface area contributed by atoms with Crippen molar-refractivity contribution in [2.24, 2.45) is 0 Å². The number of hydrogen-bond acceptors (Lipinski definition) is 4. The van der Waals surface area contributed by atoms with Crippen LogP contribution in [-0.2, 0) is 0 Å². The summed E-state index contributed by atoms with van der Waals surface area (Å²) in [6.45, 7) is 3.80. The summed E-state index contributed by atoms with van der Waals surface area (Å²) < 4.78 is 5.71. The Labute approximate surface area is 116 Å². The van der Waals surface area contributed by atoms with E-state index in [9.17, 15) is 5.11 Å². The highest BCUT2D eigenvalue weighted by molar-refractivity contribution is 5.85. The minimum absolute atomic E-state index is 0.237. The van der Waals surface area contributed by atoms with Crippen LogP contribution in [0.4, 0.5) is 0 Å². The first-order valence-electron chi connectivity index (χ1n) is 6.33. The van der Waals surface area contributed by atoms with Crippen molar-refractivity contribution in [2.75, 3.05) is 0 Å². The van der Waals surface area contributed by atoms with E-state index in [1.807, 2.05) is 38.1 Å². The zero-order valence-corrected chi connectivity index (χ0v) is 11.3. The number of benzene rings is 2. The molecule has 0 radical (unpaired) electrons. The Morgan fingerprint density at radius 3 is 2.55 bits per heavy atom. The van der Waals surface area contributed by atoms with Gasteiger partial charge in [-0.15, -0.1) is 0 Å². The van der Waals surface area contributed by atoms with Crippen molar-refractivity contribution in [1.29, 1.82) is 0 Å². The third-order valence-corrected chi connectivity index (χ3v) is 3.19. The zero-order chi connectivity index (χ0) is 14.1. The van der Waals surface area contributed by atoms with Crippen LogP contribution in [0.15, 0.2) is 42.6 Å². The van der Waals surface area contributed by atoms with E-state index in [-0.39, 0.29) is 5.75 Å². The number of fused-ring (bicyclic) bond motifs is 1. The third kappa shape index (κ3) is 2.40. The molecule has 0 amide bonds. The Morgan fingerprint density at radius 1 is 0.950 bits per heavy atom. The van der Waals surface area contributed by atoms with Gasteiger partial charge in [0.05, 0.1) is 17.6 Å². The fourth-order valence-corrected chi connectivity index (χ4v) is 1.97. The van der Waals surface area contributed by atoms with Gasteiger partial charge < -0.3 is 9.84 Å². The van der Waals surface area contributed by atoms with E-state index in [1.54, 1.807) is 18.3 Å². The minimum atomic E-state index is 0.237. The topological polar surface area (TPSA) is 55.2 Å². The van der Waals surface area contributed by atoms with Crippen molar-refractivity contribution >= 4 is 10.8 Å². The number of aromatic hydroxyl groups is 1. The Morgan fingerprint density at radius 2 is 1.75 bits per heavy atom. The van der Waals surface area contributed by atoms with E-state index in [4.69, 9.17) is 4.74 Å². The summed E-state index contributed by atoms with van der Waals surface area (Å²) in [6, 6.07) is 10.9. The molecule has 0 unspecified atom stereocenters. The Bertz CT molecular complexity index is 785. The first kappa shape index (κ1) is 12.4. The van der Waals surface area contributed by atoms with Gasteiger partial charge in [0, 0.05) is 0 Å². The van der Waals surface area contributed by atoms with Crippen LogP contribution in [0.25, 0.3) is 10.8 Å². The SMILES string of the molecule is Cc1ncc(Oc2ccc3ccc(O)cc3c2)nc1C. The third-order valence-electron chi connectivity index (χ3n) is 3.19. The van der Waals surface area contributed by atoms with Crippen LogP contribution >= 0.6 is 0 Å². The molecule has 0 atom stereocenters. The molecule has 4 heteroatoms. The predicted molar refractivity (Wildman–Crippen MR) is 77.2 cm³/mol. The lowest BCUT2D eigenvalue weighted by Gasteiger charge is -2.07. The van der Waals surface area contributed by atoms with E-state index in [0.717, 1.165) is 22.2 Å². The predicted octanol–water partition coefficient (Wildman–Crippen LogP) is 3.74. The lowest BCUT2D eigenvalue weighted by Crippen LogP contribution is -1.95. The number of phenols is 1. The summed E-state index contributed by atoms with van der Waals surface area (Å²) in [6.07, 6.45) is 1.61. The highest BCUT2D eigenvalue weighted by Gasteiger charge is 2.04. The molecular formula is C16H14N2O2. The maximum Gasteiger partial charge on any atom is 0.238 e. The lowest BCUT2D eigenvalue weighted by atomic mass is 10.1. The number of hydrogen-bond donors (Lipinski definition) is 1. The number of aryl methyl sites for hydroxylation is 2. The minimum Gasteiger partial charge on any atom is -0.508 e. The van der Waals surface area contributed by atoms with Gasteiger partial charge in [0.1, 0.15) is 11.5 Å². The van der Waals surface area contributed by atoms with Gasteiger partial charge in [0.15, 0.2) is 0 Å². The summed E-state index contributed by atoms with van der Waals surface area (Å²) in [4.78, 5) is 8.56. The van der Waals surface area contributed by atoms with Crippen molar-refractivity contribution < 1.29 is 9.84 Å². The van der Waals surface area contributed by atoms with Gasteiger partial charge in [0.2, 0.25) is 5.88 Å². The molecule has 3 aromatic rings. The standard InChI is InChI=1S/C16H14N2O2/c1-10-11(2)18-16(9-17-10)20-15-6-4-12-3-5-14(19)7-13(12)8-15/h3-9,19H,1-2H3. The van der Waals surface area contributed by atoms with Crippen molar-refractivity contribution in [3.8, 4) is 17.4 Å². The average Bonchev–Trinajstić information content (AvgIpc) is 2.42. The van der Waals surface area contributed by atoms with Crippen LogP contribution in [0.1, 0.15) is 11.4 Å². The van der Waals surface area contributed by atoms with Gasteiger partial charge in [-0.05, 0) is 48.9 Å². The molecule has 0 bridgehead atoms. The van der Waals surface area contributed by atoms with E-state index in [0.29, 0.717) is 11.6 Å². The summed E-state index contributed by atoms with van der Waals surface area (Å²) >= 11 is 0. The van der Waals surface area contributed by atoms with Gasteiger partial charge in [-0.3, -0.25) is 4.98 Å². The molecule has 1 heterocycles. The van der Waals surface area contributed by atoms with Gasteiger partial charge in [-0.1, -0.05) is 12.1 Å². The molecule has 0 aliphatic rings. The normalized spacial score (nSPS) is 10.7. The van der Waals surface area contributed by atoms with E-state index in [1.165, 1.54) is 0 Å². The summed E-state index contributed by atoms with van der Waals surface area (Å²) in [5, 5.41) is 11.5. The fraction of sp³-hybridized carbons (Fsp3) is 0.125.